The van der Waals surface area contributed by atoms with E-state index in [4.69, 9.17) is 9.26 Å². The molecule has 1 unspecified atom stereocenters. The average molecular weight is 437 g/mol. The normalized spacial score (nSPS) is 16.6. The highest BCUT2D eigenvalue weighted by atomic mass is 19.4. The van der Waals surface area contributed by atoms with E-state index in [1.54, 1.807) is 6.07 Å². The van der Waals surface area contributed by atoms with E-state index in [1.807, 2.05) is 0 Å². The van der Waals surface area contributed by atoms with Gasteiger partial charge in [0.05, 0.1) is 13.0 Å². The van der Waals surface area contributed by atoms with Crippen LogP contribution in [0.1, 0.15) is 18.2 Å². The van der Waals surface area contributed by atoms with Crippen molar-refractivity contribution in [2.45, 2.75) is 18.7 Å². The standard InChI is InChI=1S/C20H15F4N3O4/c1-29-16-7-4-13(9-15(16)21)27-10-12(8-17(27)28)19-25-18(26-31-19)11-2-5-14(6-3-11)30-20(22,23)24/h2-7,9,12H,8,10H2,1H3. The molecule has 2 heterocycles. The Morgan fingerprint density at radius 3 is 2.55 bits per heavy atom. The maximum Gasteiger partial charge on any atom is 0.573 e. The Labute approximate surface area is 173 Å². The van der Waals surface area contributed by atoms with E-state index in [2.05, 4.69) is 14.9 Å². The van der Waals surface area contributed by atoms with Crippen molar-refractivity contribution in [3.8, 4) is 22.9 Å². The summed E-state index contributed by atoms with van der Waals surface area (Å²) >= 11 is 0. The predicted molar refractivity (Wildman–Crippen MR) is 99.1 cm³/mol. The van der Waals surface area contributed by atoms with Crippen molar-refractivity contribution in [3.63, 3.8) is 0 Å². The summed E-state index contributed by atoms with van der Waals surface area (Å²) < 4.78 is 64.8. The Kier molecular flexibility index (Phi) is 5.25. The maximum atomic E-state index is 14.0. The number of benzene rings is 2. The van der Waals surface area contributed by atoms with Crippen LogP contribution in [0.3, 0.4) is 0 Å². The number of halogens is 4. The molecule has 3 aromatic rings. The van der Waals surface area contributed by atoms with Crippen molar-refractivity contribution in [1.82, 2.24) is 10.1 Å². The smallest absolute Gasteiger partial charge is 0.494 e. The molecular weight excluding hydrogens is 422 g/mol. The number of hydrogen-bond acceptors (Lipinski definition) is 6. The van der Waals surface area contributed by atoms with Gasteiger partial charge in [0.25, 0.3) is 0 Å². The zero-order valence-electron chi connectivity index (χ0n) is 16.0. The summed E-state index contributed by atoms with van der Waals surface area (Å²) in [7, 11) is 1.35. The number of rotatable bonds is 5. The minimum absolute atomic E-state index is 0.0696. The first-order valence-corrected chi connectivity index (χ1v) is 9.07. The Morgan fingerprint density at radius 1 is 1.16 bits per heavy atom. The number of aromatic nitrogens is 2. The second-order valence-electron chi connectivity index (χ2n) is 6.75. The van der Waals surface area contributed by atoms with Crippen molar-refractivity contribution in [2.24, 2.45) is 0 Å². The van der Waals surface area contributed by atoms with Crippen LogP contribution in [0.25, 0.3) is 11.4 Å². The zero-order valence-corrected chi connectivity index (χ0v) is 16.0. The van der Waals surface area contributed by atoms with Crippen molar-refractivity contribution in [1.29, 1.82) is 0 Å². The fourth-order valence-corrected chi connectivity index (χ4v) is 3.27. The van der Waals surface area contributed by atoms with Gasteiger partial charge in [0, 0.05) is 30.3 Å². The second kappa shape index (κ2) is 7.89. The van der Waals surface area contributed by atoms with Gasteiger partial charge in [0.2, 0.25) is 17.6 Å². The molecule has 0 radical (unpaired) electrons. The third kappa shape index (κ3) is 4.44. The van der Waals surface area contributed by atoms with E-state index < -0.39 is 18.1 Å². The number of carbonyl (C=O) groups is 1. The van der Waals surface area contributed by atoms with Crippen LogP contribution in [0.4, 0.5) is 23.2 Å². The molecule has 0 spiro atoms. The van der Waals surface area contributed by atoms with Crippen LogP contribution in [-0.2, 0) is 4.79 Å². The van der Waals surface area contributed by atoms with Crippen LogP contribution in [0.5, 0.6) is 11.5 Å². The number of amides is 1. The highest BCUT2D eigenvalue weighted by Gasteiger charge is 2.35. The molecule has 1 atom stereocenters. The molecule has 0 bridgehead atoms. The van der Waals surface area contributed by atoms with Crippen molar-refractivity contribution >= 4 is 11.6 Å². The molecule has 1 aliphatic heterocycles. The number of alkyl halides is 3. The number of carbonyl (C=O) groups excluding carboxylic acids is 1. The number of hydrogen-bond donors (Lipinski definition) is 0. The van der Waals surface area contributed by atoms with E-state index in [0.717, 1.165) is 12.1 Å². The minimum Gasteiger partial charge on any atom is -0.494 e. The lowest BCUT2D eigenvalue weighted by molar-refractivity contribution is -0.274. The molecule has 1 saturated heterocycles. The average Bonchev–Trinajstić information content (AvgIpc) is 3.34. The van der Waals surface area contributed by atoms with E-state index in [0.29, 0.717) is 11.3 Å². The van der Waals surface area contributed by atoms with E-state index in [9.17, 15) is 22.4 Å². The van der Waals surface area contributed by atoms with Crippen molar-refractivity contribution in [3.05, 3.63) is 54.2 Å². The quantitative estimate of drug-likeness (QED) is 0.554. The van der Waals surface area contributed by atoms with Gasteiger partial charge in [0.1, 0.15) is 5.75 Å². The lowest BCUT2D eigenvalue weighted by atomic mass is 10.1. The van der Waals surface area contributed by atoms with Crippen LogP contribution >= 0.6 is 0 Å². The van der Waals surface area contributed by atoms with E-state index in [-0.39, 0.29) is 42.1 Å². The fourth-order valence-electron chi connectivity index (χ4n) is 3.27. The molecular formula is C20H15F4N3O4. The summed E-state index contributed by atoms with van der Waals surface area (Å²) in [6.45, 7) is 0.213. The molecule has 1 aromatic heterocycles. The van der Waals surface area contributed by atoms with Gasteiger partial charge >= 0.3 is 6.36 Å². The zero-order chi connectivity index (χ0) is 22.2. The van der Waals surface area contributed by atoms with E-state index >= 15 is 0 Å². The van der Waals surface area contributed by atoms with Crippen LogP contribution in [0, 0.1) is 5.82 Å². The van der Waals surface area contributed by atoms with Gasteiger partial charge in [-0.25, -0.2) is 4.39 Å². The molecule has 0 aliphatic carbocycles. The van der Waals surface area contributed by atoms with Gasteiger partial charge < -0.3 is 18.9 Å². The first-order chi connectivity index (χ1) is 14.7. The van der Waals surface area contributed by atoms with Gasteiger partial charge in [-0.2, -0.15) is 4.98 Å². The van der Waals surface area contributed by atoms with Gasteiger partial charge in [-0.05, 0) is 36.4 Å². The second-order valence-corrected chi connectivity index (χ2v) is 6.75. The van der Waals surface area contributed by atoms with E-state index in [1.165, 1.54) is 36.3 Å². The molecule has 1 aliphatic rings. The molecule has 0 N–H and O–H groups in total. The summed E-state index contributed by atoms with van der Waals surface area (Å²) in [5, 5.41) is 3.84. The number of nitrogens with zero attached hydrogens (tertiary/aromatic N) is 3. The number of anilines is 1. The summed E-state index contributed by atoms with van der Waals surface area (Å²) in [6, 6.07) is 9.22. The van der Waals surface area contributed by atoms with Crippen molar-refractivity contribution in [2.75, 3.05) is 18.6 Å². The molecule has 4 rings (SSSR count). The lowest BCUT2D eigenvalue weighted by Gasteiger charge is -2.16. The molecule has 1 amide bonds. The Morgan fingerprint density at radius 2 is 1.90 bits per heavy atom. The Bertz CT molecular complexity index is 1100. The van der Waals surface area contributed by atoms with Crippen molar-refractivity contribution < 1.29 is 36.4 Å². The van der Waals surface area contributed by atoms with Gasteiger partial charge in [-0.1, -0.05) is 5.16 Å². The summed E-state index contributed by atoms with van der Waals surface area (Å²) in [4.78, 5) is 18.1. The molecule has 0 saturated carbocycles. The van der Waals surface area contributed by atoms with Gasteiger partial charge in [-0.15, -0.1) is 13.2 Å². The molecule has 162 valence electrons. The molecule has 11 heteroatoms. The largest absolute Gasteiger partial charge is 0.573 e. The molecule has 1 fully saturated rings. The summed E-state index contributed by atoms with van der Waals surface area (Å²) in [5.41, 5.74) is 0.800. The van der Waals surface area contributed by atoms with Crippen LogP contribution in [0.2, 0.25) is 0 Å². The number of methoxy groups -OCH3 is 1. The number of ether oxygens (including phenoxy) is 2. The van der Waals surface area contributed by atoms with Crippen LogP contribution in [-0.4, -0.2) is 36.1 Å². The third-order valence-electron chi connectivity index (χ3n) is 4.71. The monoisotopic (exact) mass is 437 g/mol. The Hall–Kier alpha value is -3.63. The first kappa shape index (κ1) is 20.6. The highest BCUT2D eigenvalue weighted by molar-refractivity contribution is 5.96. The molecule has 7 nitrogen and oxygen atoms in total. The maximum absolute atomic E-state index is 14.0. The van der Waals surface area contributed by atoms with Crippen LogP contribution < -0.4 is 14.4 Å². The van der Waals surface area contributed by atoms with Gasteiger partial charge in [0.15, 0.2) is 11.6 Å². The van der Waals surface area contributed by atoms with Gasteiger partial charge in [-0.3, -0.25) is 4.79 Å². The molecule has 2 aromatic carbocycles. The van der Waals surface area contributed by atoms with Crippen LogP contribution in [0.15, 0.2) is 47.0 Å². The predicted octanol–water partition coefficient (Wildman–Crippen LogP) is 4.30. The lowest BCUT2D eigenvalue weighted by Crippen LogP contribution is -2.24. The summed E-state index contributed by atoms with van der Waals surface area (Å²) in [5.74, 6) is -1.17. The Balaban J connectivity index is 1.48. The SMILES string of the molecule is COc1ccc(N2CC(c3nc(-c4ccc(OC(F)(F)F)cc4)no3)CC2=O)cc1F. The summed E-state index contributed by atoms with van der Waals surface area (Å²) in [6.07, 6.45) is -4.69. The minimum atomic E-state index is -4.78. The highest BCUT2D eigenvalue weighted by Crippen LogP contribution is 2.34. The topological polar surface area (TPSA) is 77.7 Å². The molecule has 31 heavy (non-hydrogen) atoms. The first-order valence-electron chi connectivity index (χ1n) is 9.07. The fraction of sp³-hybridized carbons (Fsp3) is 0.250. The third-order valence-corrected chi connectivity index (χ3v) is 4.71.